The Morgan fingerprint density at radius 3 is 2.47 bits per heavy atom. The quantitative estimate of drug-likeness (QED) is 0.592. The van der Waals surface area contributed by atoms with E-state index in [1.165, 1.54) is 16.7 Å². The van der Waals surface area contributed by atoms with Crippen LogP contribution in [-0.4, -0.2) is 55.3 Å². The molecule has 3 unspecified atom stereocenters. The fourth-order valence-corrected chi connectivity index (χ4v) is 3.90. The van der Waals surface area contributed by atoms with Crippen LogP contribution in [0.3, 0.4) is 0 Å². The second-order valence-electron chi connectivity index (χ2n) is 4.53. The molecule has 0 radical (unpaired) electrons. The van der Waals surface area contributed by atoms with Crippen molar-refractivity contribution in [1.82, 2.24) is 10.2 Å². The van der Waals surface area contributed by atoms with E-state index in [1.54, 1.807) is 13.8 Å². The van der Waals surface area contributed by atoms with Gasteiger partial charge in [0.05, 0.1) is 0 Å². The summed E-state index contributed by atoms with van der Waals surface area (Å²) in [5.41, 5.74) is 0. The van der Waals surface area contributed by atoms with Gasteiger partial charge < -0.3 is 20.4 Å². The standard InChI is InChI=1S/C9H12N2O5S/c1-9(2)4(7(13)14)11-5(12)3(6(11)17-9)10-8(15)16/h3-4,6,10H,1-2H3,(H,13,14)(H,15,16). The molecule has 2 aliphatic rings. The number of hydrogen-bond acceptors (Lipinski definition) is 4. The smallest absolute Gasteiger partial charge is 0.405 e. The lowest BCUT2D eigenvalue weighted by molar-refractivity contribution is -0.159. The number of hydrogen-bond donors (Lipinski definition) is 3. The molecule has 2 rings (SSSR count). The summed E-state index contributed by atoms with van der Waals surface area (Å²) in [4.78, 5) is 34.6. The van der Waals surface area contributed by atoms with Crippen LogP contribution < -0.4 is 5.32 Å². The first-order valence-corrected chi connectivity index (χ1v) is 5.86. The number of carbonyl (C=O) groups excluding carboxylic acids is 1. The van der Waals surface area contributed by atoms with Gasteiger partial charge in [0, 0.05) is 4.75 Å². The van der Waals surface area contributed by atoms with Crippen molar-refractivity contribution >= 4 is 29.7 Å². The van der Waals surface area contributed by atoms with E-state index in [0.29, 0.717) is 0 Å². The van der Waals surface area contributed by atoms with Gasteiger partial charge in [0.1, 0.15) is 17.5 Å². The lowest BCUT2D eigenvalue weighted by Crippen LogP contribution is -2.70. The largest absolute Gasteiger partial charge is 0.480 e. The number of fused-ring (bicyclic) bond motifs is 1. The van der Waals surface area contributed by atoms with Crippen molar-refractivity contribution in [1.29, 1.82) is 0 Å². The number of aliphatic carboxylic acids is 1. The molecule has 0 aromatic rings. The van der Waals surface area contributed by atoms with E-state index in [-0.39, 0.29) is 0 Å². The van der Waals surface area contributed by atoms with Crippen LogP contribution in [0.1, 0.15) is 13.8 Å². The van der Waals surface area contributed by atoms with E-state index >= 15 is 0 Å². The predicted octanol–water partition coefficient (Wildman–Crippen LogP) is -0.231. The van der Waals surface area contributed by atoms with Crippen LogP contribution in [0.15, 0.2) is 0 Å². The van der Waals surface area contributed by atoms with E-state index in [1.807, 2.05) is 0 Å². The van der Waals surface area contributed by atoms with Gasteiger partial charge in [-0.3, -0.25) is 4.79 Å². The maximum Gasteiger partial charge on any atom is 0.405 e. The molecule has 3 atom stereocenters. The summed E-state index contributed by atoms with van der Waals surface area (Å²) >= 11 is 1.31. The van der Waals surface area contributed by atoms with Crippen molar-refractivity contribution in [3.8, 4) is 0 Å². The van der Waals surface area contributed by atoms with Crippen molar-refractivity contribution in [3.63, 3.8) is 0 Å². The molecule has 2 saturated heterocycles. The first kappa shape index (κ1) is 12.0. The Hall–Kier alpha value is -1.44. The number of amides is 2. The van der Waals surface area contributed by atoms with Gasteiger partial charge in [-0.05, 0) is 13.8 Å². The van der Waals surface area contributed by atoms with Crippen molar-refractivity contribution in [2.24, 2.45) is 0 Å². The van der Waals surface area contributed by atoms with Gasteiger partial charge in [-0.15, -0.1) is 11.8 Å². The Bertz CT molecular complexity index is 410. The highest BCUT2D eigenvalue weighted by Gasteiger charge is 2.64. The van der Waals surface area contributed by atoms with E-state index in [0.717, 1.165) is 0 Å². The third-order valence-electron chi connectivity index (χ3n) is 2.95. The summed E-state index contributed by atoms with van der Waals surface area (Å²) in [6.07, 6.45) is -1.28. The monoisotopic (exact) mass is 260 g/mol. The molecule has 3 N–H and O–H groups in total. The molecule has 2 amide bonds. The lowest BCUT2D eigenvalue weighted by atomic mass is 9.96. The molecular formula is C9H12N2O5S. The maximum absolute atomic E-state index is 11.7. The summed E-state index contributed by atoms with van der Waals surface area (Å²) in [5.74, 6) is -1.53. The van der Waals surface area contributed by atoms with Crippen molar-refractivity contribution in [3.05, 3.63) is 0 Å². The second kappa shape index (κ2) is 3.52. The third kappa shape index (κ3) is 1.63. The molecular weight excluding hydrogens is 248 g/mol. The first-order chi connectivity index (χ1) is 7.75. The van der Waals surface area contributed by atoms with E-state index < -0.39 is 40.2 Å². The van der Waals surface area contributed by atoms with Gasteiger partial charge in [0.2, 0.25) is 5.91 Å². The number of β-lactam (4-membered cyclic amide) rings is 1. The molecule has 94 valence electrons. The first-order valence-electron chi connectivity index (χ1n) is 4.98. The highest BCUT2D eigenvalue weighted by molar-refractivity contribution is 8.01. The van der Waals surface area contributed by atoms with Crippen LogP contribution in [0.4, 0.5) is 4.79 Å². The summed E-state index contributed by atoms with van der Waals surface area (Å²) in [7, 11) is 0. The Balaban J connectivity index is 2.21. The summed E-state index contributed by atoms with van der Waals surface area (Å²) in [6, 6.07) is -1.74. The minimum atomic E-state index is -1.28. The molecule has 0 saturated carbocycles. The molecule has 0 aromatic heterocycles. The fourth-order valence-electron chi connectivity index (χ4n) is 2.28. The van der Waals surface area contributed by atoms with Crippen LogP contribution >= 0.6 is 11.8 Å². The number of nitrogens with zero attached hydrogens (tertiary/aromatic N) is 1. The zero-order valence-electron chi connectivity index (χ0n) is 9.21. The average molecular weight is 260 g/mol. The van der Waals surface area contributed by atoms with Gasteiger partial charge in [0.25, 0.3) is 0 Å². The van der Waals surface area contributed by atoms with Crippen LogP contribution in [0.2, 0.25) is 0 Å². The Labute approximate surface area is 101 Å². The Morgan fingerprint density at radius 2 is 2.00 bits per heavy atom. The normalized spacial score (nSPS) is 33.9. The molecule has 17 heavy (non-hydrogen) atoms. The minimum absolute atomic E-state index is 0.422. The van der Waals surface area contributed by atoms with Crippen LogP contribution in [0, 0.1) is 0 Å². The van der Waals surface area contributed by atoms with Crippen molar-refractivity contribution in [2.75, 3.05) is 0 Å². The predicted molar refractivity (Wildman–Crippen MR) is 58.7 cm³/mol. The molecule has 0 spiro atoms. The molecule has 7 nitrogen and oxygen atoms in total. The number of carbonyl (C=O) groups is 3. The highest BCUT2D eigenvalue weighted by atomic mass is 32.2. The summed E-state index contributed by atoms with van der Waals surface area (Å²) in [5, 5.41) is 19.4. The fraction of sp³-hybridized carbons (Fsp3) is 0.667. The zero-order chi connectivity index (χ0) is 13.0. The molecule has 2 heterocycles. The SMILES string of the molecule is CC1(C)SC2C(NC(=O)O)C(=O)N2C1C(=O)O. The van der Waals surface area contributed by atoms with Crippen LogP contribution in [0.25, 0.3) is 0 Å². The molecule has 0 aromatic carbocycles. The van der Waals surface area contributed by atoms with Gasteiger partial charge in [-0.1, -0.05) is 0 Å². The van der Waals surface area contributed by atoms with Crippen molar-refractivity contribution < 1.29 is 24.6 Å². The lowest BCUT2D eigenvalue weighted by Gasteiger charge is -2.43. The zero-order valence-corrected chi connectivity index (χ0v) is 10.0. The number of rotatable bonds is 2. The Morgan fingerprint density at radius 1 is 1.41 bits per heavy atom. The molecule has 8 heteroatoms. The van der Waals surface area contributed by atoms with Crippen LogP contribution in [-0.2, 0) is 9.59 Å². The van der Waals surface area contributed by atoms with Gasteiger partial charge >= 0.3 is 12.1 Å². The number of thioether (sulfide) groups is 1. The number of nitrogens with one attached hydrogen (secondary N) is 1. The molecule has 0 aliphatic carbocycles. The van der Waals surface area contributed by atoms with E-state index in [4.69, 9.17) is 10.2 Å². The third-order valence-corrected chi connectivity index (χ3v) is 4.53. The topological polar surface area (TPSA) is 107 Å². The van der Waals surface area contributed by atoms with Gasteiger partial charge in [-0.25, -0.2) is 9.59 Å². The van der Waals surface area contributed by atoms with Crippen molar-refractivity contribution in [2.45, 2.75) is 36.1 Å². The molecule has 0 bridgehead atoms. The van der Waals surface area contributed by atoms with E-state index in [9.17, 15) is 14.4 Å². The van der Waals surface area contributed by atoms with Crippen LogP contribution in [0.5, 0.6) is 0 Å². The van der Waals surface area contributed by atoms with Gasteiger partial charge in [-0.2, -0.15) is 0 Å². The van der Waals surface area contributed by atoms with Gasteiger partial charge in [0.15, 0.2) is 0 Å². The minimum Gasteiger partial charge on any atom is -0.480 e. The number of carboxylic acids is 1. The number of carboxylic acid groups (broad SMARTS) is 2. The molecule has 2 fully saturated rings. The maximum atomic E-state index is 11.7. The molecule has 2 aliphatic heterocycles. The average Bonchev–Trinajstić information content (AvgIpc) is 2.43. The van der Waals surface area contributed by atoms with E-state index in [2.05, 4.69) is 5.32 Å². The summed E-state index contributed by atoms with van der Waals surface area (Å²) < 4.78 is -0.624. The highest BCUT2D eigenvalue weighted by Crippen LogP contribution is 2.50. The summed E-state index contributed by atoms with van der Waals surface area (Å²) in [6.45, 7) is 3.47. The Kier molecular flexibility index (Phi) is 2.49. The second-order valence-corrected chi connectivity index (χ2v) is 6.30.